The van der Waals surface area contributed by atoms with Crippen LogP contribution in [0.4, 0.5) is 5.69 Å². The summed E-state index contributed by atoms with van der Waals surface area (Å²) in [5.74, 6) is 0.537. The molecule has 0 bridgehead atoms. The molecule has 0 atom stereocenters. The first-order valence-electron chi connectivity index (χ1n) is 11.0. The normalized spacial score (nSPS) is 13.8. The molecule has 1 aliphatic heterocycles. The predicted octanol–water partition coefficient (Wildman–Crippen LogP) is 3.52. The topological polar surface area (TPSA) is 85.8 Å². The largest absolute Gasteiger partial charge is 0.398 e. The third-order valence-corrected chi connectivity index (χ3v) is 6.30. The molecular weight excluding hydrogens is 398 g/mol. The van der Waals surface area contributed by atoms with E-state index < -0.39 is 0 Å². The molecule has 0 saturated carbocycles. The first-order valence-corrected chi connectivity index (χ1v) is 11.0. The summed E-state index contributed by atoms with van der Waals surface area (Å²) in [7, 11) is 0. The molecule has 7 nitrogen and oxygen atoms in total. The molecule has 0 saturated heterocycles. The lowest BCUT2D eigenvalue weighted by molar-refractivity contribution is 0.257. The molecule has 0 radical (unpaired) electrons. The van der Waals surface area contributed by atoms with Crippen molar-refractivity contribution < 1.29 is 0 Å². The lowest BCUT2D eigenvalue weighted by Crippen LogP contribution is -2.32. The van der Waals surface area contributed by atoms with E-state index in [9.17, 15) is 0 Å². The number of benzene rings is 2. The number of pyridine rings is 1. The van der Waals surface area contributed by atoms with Crippen LogP contribution in [0.25, 0.3) is 17.1 Å². The Bertz CT molecular complexity index is 1240. The fourth-order valence-corrected chi connectivity index (χ4v) is 4.17. The number of aromatic nitrogens is 5. The smallest absolute Gasteiger partial charge is 0.207 e. The Morgan fingerprint density at radius 1 is 1.00 bits per heavy atom. The van der Waals surface area contributed by atoms with Crippen molar-refractivity contribution in [2.45, 2.75) is 33.2 Å². The van der Waals surface area contributed by atoms with E-state index in [4.69, 9.17) is 5.73 Å². The van der Waals surface area contributed by atoms with Crippen molar-refractivity contribution >= 4 is 5.69 Å². The van der Waals surface area contributed by atoms with Gasteiger partial charge in [-0.15, -0.1) is 15.0 Å². The molecule has 2 N–H and O–H groups in total. The number of tetrazole rings is 1. The lowest BCUT2D eigenvalue weighted by atomic mass is 10.0. The summed E-state index contributed by atoms with van der Waals surface area (Å²) in [5.41, 5.74) is 14.9. The van der Waals surface area contributed by atoms with Crippen LogP contribution in [-0.4, -0.2) is 43.2 Å². The quantitative estimate of drug-likeness (QED) is 0.493. The summed E-state index contributed by atoms with van der Waals surface area (Å²) in [6.45, 7) is 7.23. The lowest BCUT2D eigenvalue weighted by Gasteiger charge is -2.28. The monoisotopic (exact) mass is 425 g/mol. The molecule has 0 amide bonds. The Kier molecular flexibility index (Phi) is 5.41. The van der Waals surface area contributed by atoms with Gasteiger partial charge in [0.15, 0.2) is 0 Å². The van der Waals surface area contributed by atoms with Gasteiger partial charge in [-0.25, -0.2) is 0 Å². The zero-order valence-electron chi connectivity index (χ0n) is 18.5. The van der Waals surface area contributed by atoms with Crippen LogP contribution in [0.15, 0.2) is 54.9 Å². The van der Waals surface area contributed by atoms with Gasteiger partial charge in [0.2, 0.25) is 5.82 Å². The molecule has 0 aliphatic carbocycles. The van der Waals surface area contributed by atoms with Crippen LogP contribution in [0.2, 0.25) is 0 Å². The van der Waals surface area contributed by atoms with Gasteiger partial charge in [0.25, 0.3) is 0 Å². The van der Waals surface area contributed by atoms with Crippen molar-refractivity contribution in [3.8, 4) is 17.1 Å². The second kappa shape index (κ2) is 8.51. The van der Waals surface area contributed by atoms with E-state index in [1.54, 1.807) is 4.80 Å². The third kappa shape index (κ3) is 4.11. The van der Waals surface area contributed by atoms with Crippen LogP contribution in [0.3, 0.4) is 0 Å². The highest BCUT2D eigenvalue weighted by atomic mass is 15.6. The van der Waals surface area contributed by atoms with Gasteiger partial charge in [-0.05, 0) is 90.1 Å². The maximum atomic E-state index is 6.19. The van der Waals surface area contributed by atoms with Crippen LogP contribution in [0.1, 0.15) is 27.8 Å². The number of hydrogen-bond donors (Lipinski definition) is 1. The molecular formula is C25H27N7. The Morgan fingerprint density at radius 2 is 1.81 bits per heavy atom. The van der Waals surface area contributed by atoms with Gasteiger partial charge in [-0.2, -0.15) is 0 Å². The predicted molar refractivity (Wildman–Crippen MR) is 125 cm³/mol. The van der Waals surface area contributed by atoms with E-state index in [-0.39, 0.29) is 0 Å². The second-order valence-electron chi connectivity index (χ2n) is 8.51. The average Bonchev–Trinajstić information content (AvgIpc) is 3.30. The van der Waals surface area contributed by atoms with E-state index in [0.717, 1.165) is 54.9 Å². The van der Waals surface area contributed by atoms with E-state index in [1.165, 1.54) is 16.7 Å². The van der Waals surface area contributed by atoms with Gasteiger partial charge in [0.1, 0.15) is 0 Å². The molecule has 0 fully saturated rings. The highest BCUT2D eigenvalue weighted by Gasteiger charge is 2.16. The minimum absolute atomic E-state index is 0.537. The highest BCUT2D eigenvalue weighted by molar-refractivity contribution is 5.72. The van der Waals surface area contributed by atoms with Gasteiger partial charge in [-0.1, -0.05) is 12.1 Å². The fraction of sp³-hybridized carbons (Fsp3) is 0.280. The van der Waals surface area contributed by atoms with Crippen LogP contribution in [0.5, 0.6) is 0 Å². The number of nitrogen functional groups attached to an aromatic ring is 1. The minimum atomic E-state index is 0.537. The maximum absolute atomic E-state index is 6.19. The summed E-state index contributed by atoms with van der Waals surface area (Å²) in [5, 5.41) is 13.0. The van der Waals surface area contributed by atoms with Crippen molar-refractivity contribution in [2.24, 2.45) is 0 Å². The average molecular weight is 426 g/mol. The van der Waals surface area contributed by atoms with Crippen molar-refractivity contribution in [1.82, 2.24) is 30.1 Å². The Morgan fingerprint density at radius 3 is 2.66 bits per heavy atom. The Balaban J connectivity index is 1.24. The number of aryl methyl sites for hydroxylation is 2. The second-order valence-corrected chi connectivity index (χ2v) is 8.51. The van der Waals surface area contributed by atoms with Crippen molar-refractivity contribution in [1.29, 1.82) is 0 Å². The fourth-order valence-electron chi connectivity index (χ4n) is 4.17. The van der Waals surface area contributed by atoms with Crippen LogP contribution in [-0.2, 0) is 19.4 Å². The van der Waals surface area contributed by atoms with Gasteiger partial charge < -0.3 is 5.73 Å². The van der Waals surface area contributed by atoms with E-state index in [0.29, 0.717) is 11.5 Å². The van der Waals surface area contributed by atoms with Crippen LogP contribution < -0.4 is 5.73 Å². The number of hydrogen-bond acceptors (Lipinski definition) is 6. The maximum Gasteiger partial charge on any atom is 0.207 e. The Hall–Kier alpha value is -3.58. The number of nitrogens with two attached hydrogens (primary N) is 1. The molecule has 162 valence electrons. The number of nitrogens with zero attached hydrogens (tertiary/aromatic N) is 6. The van der Waals surface area contributed by atoms with Gasteiger partial charge in [0.05, 0.1) is 5.69 Å². The highest BCUT2D eigenvalue weighted by Crippen LogP contribution is 2.26. The Labute approximate surface area is 187 Å². The van der Waals surface area contributed by atoms with E-state index >= 15 is 0 Å². The standard InChI is InChI=1S/C25H27N7/c1-17-13-23(24(26)14-18(17)2)25-28-30-32(29-25)22-5-3-19(4-6-22)8-11-31-12-9-20-15-27-10-7-21(20)16-31/h3-7,10,13-15H,8-9,11-12,16,26H2,1-2H3. The molecule has 0 spiro atoms. The van der Waals surface area contributed by atoms with Crippen molar-refractivity contribution in [2.75, 3.05) is 18.8 Å². The number of anilines is 1. The summed E-state index contributed by atoms with van der Waals surface area (Å²) in [4.78, 5) is 8.31. The molecule has 5 rings (SSSR count). The van der Waals surface area contributed by atoms with E-state index in [2.05, 4.69) is 50.4 Å². The van der Waals surface area contributed by atoms with Crippen LogP contribution in [0, 0.1) is 13.8 Å². The molecule has 2 aromatic carbocycles. The molecule has 3 heterocycles. The first kappa shape index (κ1) is 20.3. The number of fused-ring (bicyclic) bond motifs is 1. The van der Waals surface area contributed by atoms with Gasteiger partial charge >= 0.3 is 0 Å². The minimum Gasteiger partial charge on any atom is -0.398 e. The summed E-state index contributed by atoms with van der Waals surface area (Å²) in [6, 6.07) is 14.5. The summed E-state index contributed by atoms with van der Waals surface area (Å²) in [6.07, 6.45) is 5.98. The molecule has 4 aromatic rings. The SMILES string of the molecule is Cc1cc(N)c(-c2nnn(-c3ccc(CCN4CCc5cnccc5C4)cc3)n2)cc1C. The van der Waals surface area contributed by atoms with Gasteiger partial charge in [-0.3, -0.25) is 9.88 Å². The zero-order chi connectivity index (χ0) is 22.1. The first-order chi connectivity index (χ1) is 15.6. The number of rotatable bonds is 5. The van der Waals surface area contributed by atoms with Gasteiger partial charge in [0, 0.05) is 43.3 Å². The van der Waals surface area contributed by atoms with E-state index in [1.807, 2.05) is 43.6 Å². The third-order valence-electron chi connectivity index (χ3n) is 6.30. The molecule has 0 unspecified atom stereocenters. The van der Waals surface area contributed by atoms with Crippen LogP contribution >= 0.6 is 0 Å². The summed E-state index contributed by atoms with van der Waals surface area (Å²) < 4.78 is 0. The summed E-state index contributed by atoms with van der Waals surface area (Å²) >= 11 is 0. The van der Waals surface area contributed by atoms with Crippen molar-refractivity contribution in [3.05, 3.63) is 82.7 Å². The molecule has 7 heteroatoms. The molecule has 1 aliphatic rings. The zero-order valence-corrected chi connectivity index (χ0v) is 18.5. The molecule has 32 heavy (non-hydrogen) atoms. The van der Waals surface area contributed by atoms with Crippen molar-refractivity contribution in [3.63, 3.8) is 0 Å². The molecule has 2 aromatic heterocycles.